The highest BCUT2D eigenvalue weighted by molar-refractivity contribution is 5.76. The van der Waals surface area contributed by atoms with Crippen molar-refractivity contribution >= 4 is 11.7 Å². The number of hydrogen-bond acceptors (Lipinski definition) is 7. The lowest BCUT2D eigenvalue weighted by atomic mass is 10.1. The zero-order chi connectivity index (χ0) is 20.8. The van der Waals surface area contributed by atoms with Crippen LogP contribution in [-0.2, 0) is 22.5 Å². The molecule has 3 heterocycles. The second-order valence-corrected chi connectivity index (χ2v) is 7.27. The molecule has 1 fully saturated rings. The summed E-state index contributed by atoms with van der Waals surface area (Å²) in [5, 5.41) is 11.1. The first-order chi connectivity index (χ1) is 14.7. The Labute approximate surface area is 175 Å². The van der Waals surface area contributed by atoms with E-state index in [2.05, 4.69) is 25.4 Å². The van der Waals surface area contributed by atoms with Crippen LogP contribution in [0.4, 0.5) is 5.82 Å². The number of aromatic nitrogens is 3. The highest BCUT2D eigenvalue weighted by atomic mass is 16.5. The standard InChI is InChI=1S/C22H25N5O3/c1-16-2-4-18(5-3-16)22-26-25-21(30-22)7-6-20(28)24-15-17-8-9-23-19(14-17)27-10-12-29-13-11-27/h2-5,8-9,14H,6-7,10-13,15H2,1H3,(H,24,28). The maximum atomic E-state index is 12.2. The average molecular weight is 407 g/mol. The Morgan fingerprint density at radius 3 is 2.73 bits per heavy atom. The van der Waals surface area contributed by atoms with E-state index >= 15 is 0 Å². The van der Waals surface area contributed by atoms with Crippen molar-refractivity contribution in [1.82, 2.24) is 20.5 Å². The van der Waals surface area contributed by atoms with Crippen molar-refractivity contribution in [3.8, 4) is 11.5 Å². The number of anilines is 1. The van der Waals surface area contributed by atoms with E-state index in [9.17, 15) is 4.79 Å². The number of pyridine rings is 1. The number of rotatable bonds is 7. The topological polar surface area (TPSA) is 93.4 Å². The molecule has 0 unspecified atom stereocenters. The molecule has 1 saturated heterocycles. The normalized spacial score (nSPS) is 14.0. The minimum atomic E-state index is -0.0604. The van der Waals surface area contributed by atoms with Crippen LogP contribution in [0.2, 0.25) is 0 Å². The predicted octanol–water partition coefficient (Wildman–Crippen LogP) is 2.53. The third-order valence-electron chi connectivity index (χ3n) is 4.97. The van der Waals surface area contributed by atoms with Crippen LogP contribution >= 0.6 is 0 Å². The Bertz CT molecular complexity index is 980. The molecule has 1 aromatic carbocycles. The van der Waals surface area contributed by atoms with E-state index in [4.69, 9.17) is 9.15 Å². The fourth-order valence-corrected chi connectivity index (χ4v) is 3.21. The van der Waals surface area contributed by atoms with Crippen molar-refractivity contribution in [3.63, 3.8) is 0 Å². The lowest BCUT2D eigenvalue weighted by Gasteiger charge is -2.28. The molecule has 8 nitrogen and oxygen atoms in total. The number of nitrogens with one attached hydrogen (secondary N) is 1. The molecule has 156 valence electrons. The van der Waals surface area contributed by atoms with Crippen molar-refractivity contribution < 1.29 is 13.9 Å². The first kappa shape index (κ1) is 20.0. The van der Waals surface area contributed by atoms with Gasteiger partial charge in [0, 0.05) is 44.2 Å². The van der Waals surface area contributed by atoms with Gasteiger partial charge in [0.1, 0.15) is 5.82 Å². The van der Waals surface area contributed by atoms with Crippen molar-refractivity contribution in [2.45, 2.75) is 26.3 Å². The number of amides is 1. The lowest BCUT2D eigenvalue weighted by Crippen LogP contribution is -2.36. The van der Waals surface area contributed by atoms with Gasteiger partial charge in [0.25, 0.3) is 0 Å². The van der Waals surface area contributed by atoms with Crippen molar-refractivity contribution in [1.29, 1.82) is 0 Å². The summed E-state index contributed by atoms with van der Waals surface area (Å²) in [6.07, 6.45) is 2.47. The Kier molecular flexibility index (Phi) is 6.34. The summed E-state index contributed by atoms with van der Waals surface area (Å²) in [6, 6.07) is 11.8. The zero-order valence-corrected chi connectivity index (χ0v) is 17.0. The largest absolute Gasteiger partial charge is 0.421 e. The molecule has 1 amide bonds. The van der Waals surface area contributed by atoms with Crippen LogP contribution in [0.5, 0.6) is 0 Å². The number of nitrogens with zero attached hydrogens (tertiary/aromatic N) is 4. The number of carbonyl (C=O) groups excluding carboxylic acids is 1. The summed E-state index contributed by atoms with van der Waals surface area (Å²) in [6.45, 7) is 5.57. The molecule has 1 aliphatic heterocycles. The van der Waals surface area contributed by atoms with Crippen LogP contribution in [0.15, 0.2) is 47.0 Å². The van der Waals surface area contributed by atoms with Gasteiger partial charge < -0.3 is 19.4 Å². The molecule has 0 atom stereocenters. The minimum absolute atomic E-state index is 0.0604. The second-order valence-electron chi connectivity index (χ2n) is 7.27. The molecule has 0 spiro atoms. The molecule has 2 aromatic heterocycles. The third kappa shape index (κ3) is 5.21. The highest BCUT2D eigenvalue weighted by Gasteiger charge is 2.13. The van der Waals surface area contributed by atoms with Crippen LogP contribution in [0.3, 0.4) is 0 Å². The number of aryl methyl sites for hydroxylation is 2. The number of carbonyl (C=O) groups is 1. The van der Waals surface area contributed by atoms with Crippen LogP contribution < -0.4 is 10.2 Å². The Balaban J connectivity index is 1.26. The first-order valence-corrected chi connectivity index (χ1v) is 10.1. The van der Waals surface area contributed by atoms with Crippen molar-refractivity contribution in [3.05, 3.63) is 59.6 Å². The van der Waals surface area contributed by atoms with Crippen LogP contribution in [0.1, 0.15) is 23.4 Å². The van der Waals surface area contributed by atoms with Gasteiger partial charge in [0.05, 0.1) is 13.2 Å². The van der Waals surface area contributed by atoms with E-state index in [1.54, 1.807) is 6.20 Å². The number of benzene rings is 1. The summed E-state index contributed by atoms with van der Waals surface area (Å²) in [7, 11) is 0. The van der Waals surface area contributed by atoms with Crippen LogP contribution in [-0.4, -0.2) is 47.4 Å². The van der Waals surface area contributed by atoms with E-state index in [0.717, 1.165) is 30.0 Å². The molecule has 8 heteroatoms. The molecular formula is C22H25N5O3. The quantitative estimate of drug-likeness (QED) is 0.643. The van der Waals surface area contributed by atoms with E-state index in [-0.39, 0.29) is 12.3 Å². The van der Waals surface area contributed by atoms with Gasteiger partial charge in [0.2, 0.25) is 17.7 Å². The van der Waals surface area contributed by atoms with E-state index in [0.29, 0.717) is 38.0 Å². The molecule has 1 N–H and O–H groups in total. The Hall–Kier alpha value is -3.26. The summed E-state index contributed by atoms with van der Waals surface area (Å²) in [4.78, 5) is 18.9. The van der Waals surface area contributed by atoms with Gasteiger partial charge in [-0.3, -0.25) is 4.79 Å². The molecule has 1 aliphatic rings. The maximum Gasteiger partial charge on any atom is 0.247 e. The maximum absolute atomic E-state index is 12.2. The highest BCUT2D eigenvalue weighted by Crippen LogP contribution is 2.19. The molecule has 4 rings (SSSR count). The average Bonchev–Trinajstić information content (AvgIpc) is 3.27. The monoisotopic (exact) mass is 407 g/mol. The van der Waals surface area contributed by atoms with E-state index in [1.165, 1.54) is 5.56 Å². The van der Waals surface area contributed by atoms with E-state index < -0.39 is 0 Å². The van der Waals surface area contributed by atoms with Gasteiger partial charge in [-0.25, -0.2) is 4.98 Å². The van der Waals surface area contributed by atoms with Gasteiger partial charge in [0.15, 0.2) is 0 Å². The summed E-state index contributed by atoms with van der Waals surface area (Å²) in [5.74, 6) is 1.78. The predicted molar refractivity (Wildman–Crippen MR) is 112 cm³/mol. The van der Waals surface area contributed by atoms with Crippen molar-refractivity contribution in [2.24, 2.45) is 0 Å². The number of ether oxygens (including phenoxy) is 1. The van der Waals surface area contributed by atoms with E-state index in [1.807, 2.05) is 43.3 Å². The number of hydrogen-bond donors (Lipinski definition) is 1. The Morgan fingerprint density at radius 2 is 1.93 bits per heavy atom. The fraction of sp³-hybridized carbons (Fsp3) is 0.364. The van der Waals surface area contributed by atoms with Crippen LogP contribution in [0, 0.1) is 6.92 Å². The molecular weight excluding hydrogens is 382 g/mol. The number of morpholine rings is 1. The molecule has 3 aromatic rings. The summed E-state index contributed by atoms with van der Waals surface area (Å²) in [5.41, 5.74) is 3.05. The van der Waals surface area contributed by atoms with Crippen LogP contribution in [0.25, 0.3) is 11.5 Å². The SMILES string of the molecule is Cc1ccc(-c2nnc(CCC(=O)NCc3ccnc(N4CCOCC4)c3)o2)cc1. The fourth-order valence-electron chi connectivity index (χ4n) is 3.21. The molecule has 0 aliphatic carbocycles. The van der Waals surface area contributed by atoms with Gasteiger partial charge in [-0.15, -0.1) is 10.2 Å². The summed E-state index contributed by atoms with van der Waals surface area (Å²) >= 11 is 0. The molecule has 0 saturated carbocycles. The molecule has 0 bridgehead atoms. The Morgan fingerprint density at radius 1 is 1.13 bits per heavy atom. The molecule has 30 heavy (non-hydrogen) atoms. The minimum Gasteiger partial charge on any atom is -0.421 e. The lowest BCUT2D eigenvalue weighted by molar-refractivity contribution is -0.121. The summed E-state index contributed by atoms with van der Waals surface area (Å²) < 4.78 is 11.1. The van der Waals surface area contributed by atoms with Gasteiger partial charge >= 0.3 is 0 Å². The van der Waals surface area contributed by atoms with Gasteiger partial charge in [-0.2, -0.15) is 0 Å². The smallest absolute Gasteiger partial charge is 0.247 e. The second kappa shape index (κ2) is 9.49. The van der Waals surface area contributed by atoms with Gasteiger partial charge in [-0.1, -0.05) is 17.7 Å². The third-order valence-corrected chi connectivity index (χ3v) is 4.97. The van der Waals surface area contributed by atoms with Crippen molar-refractivity contribution in [2.75, 3.05) is 31.2 Å². The van der Waals surface area contributed by atoms with Gasteiger partial charge in [-0.05, 0) is 36.8 Å². The first-order valence-electron chi connectivity index (χ1n) is 10.1. The molecule has 0 radical (unpaired) electrons. The zero-order valence-electron chi connectivity index (χ0n) is 17.0.